The van der Waals surface area contributed by atoms with Gasteiger partial charge in [0.25, 0.3) is 0 Å². The van der Waals surface area contributed by atoms with Crippen LogP contribution in [0.3, 0.4) is 0 Å². The van der Waals surface area contributed by atoms with Gasteiger partial charge in [0.1, 0.15) is 13.2 Å². The molecule has 0 aliphatic carbocycles. The predicted molar refractivity (Wildman–Crippen MR) is 358 cm³/mol. The molecular formula is C76H136O6. The Morgan fingerprint density at radius 3 is 0.744 bits per heavy atom. The lowest BCUT2D eigenvalue weighted by molar-refractivity contribution is -0.167. The van der Waals surface area contributed by atoms with E-state index < -0.39 is 6.10 Å². The molecule has 6 heteroatoms. The fourth-order valence-electron chi connectivity index (χ4n) is 10.6. The van der Waals surface area contributed by atoms with Gasteiger partial charge in [-0.1, -0.05) is 357 Å². The first-order valence-corrected chi connectivity index (χ1v) is 35.9. The molecule has 0 aromatic carbocycles. The van der Waals surface area contributed by atoms with Crippen molar-refractivity contribution < 1.29 is 28.6 Å². The molecule has 0 fully saturated rings. The van der Waals surface area contributed by atoms with Crippen LogP contribution in [0.1, 0.15) is 374 Å². The molecule has 0 aromatic rings. The average molecular weight is 1150 g/mol. The van der Waals surface area contributed by atoms with Crippen LogP contribution in [-0.2, 0) is 28.6 Å². The zero-order valence-electron chi connectivity index (χ0n) is 54.8. The van der Waals surface area contributed by atoms with E-state index in [0.29, 0.717) is 19.3 Å². The maximum atomic E-state index is 13.0. The number of carbonyl (C=O) groups excluding carboxylic acids is 3. The van der Waals surface area contributed by atoms with Gasteiger partial charge in [0.15, 0.2) is 6.10 Å². The van der Waals surface area contributed by atoms with Gasteiger partial charge in [-0.15, -0.1) is 0 Å². The first kappa shape index (κ1) is 78.8. The molecule has 0 amide bonds. The summed E-state index contributed by atoms with van der Waals surface area (Å²) < 4.78 is 17.0. The van der Waals surface area contributed by atoms with Crippen LogP contribution in [0.5, 0.6) is 0 Å². The van der Waals surface area contributed by atoms with Gasteiger partial charge < -0.3 is 14.2 Å². The molecular weight excluding hydrogens is 1010 g/mol. The number of esters is 3. The smallest absolute Gasteiger partial charge is 0.306 e. The maximum absolute atomic E-state index is 13.0. The Morgan fingerprint density at radius 1 is 0.256 bits per heavy atom. The summed E-state index contributed by atoms with van der Waals surface area (Å²) in [5.74, 6) is -0.851. The van der Waals surface area contributed by atoms with Crippen molar-refractivity contribution in [2.24, 2.45) is 0 Å². The zero-order valence-corrected chi connectivity index (χ0v) is 54.8. The third kappa shape index (κ3) is 67.6. The van der Waals surface area contributed by atoms with Crippen molar-refractivity contribution in [2.75, 3.05) is 13.2 Å². The first-order valence-electron chi connectivity index (χ1n) is 35.9. The van der Waals surface area contributed by atoms with Crippen molar-refractivity contribution in [3.63, 3.8) is 0 Å². The highest BCUT2D eigenvalue weighted by Gasteiger charge is 2.19. The largest absolute Gasteiger partial charge is 0.462 e. The summed E-state index contributed by atoms with van der Waals surface area (Å²) in [6.07, 6.45) is 92.2. The van der Waals surface area contributed by atoms with E-state index in [0.717, 1.165) is 96.3 Å². The molecule has 0 aliphatic heterocycles. The fraction of sp³-hybridized carbons (Fsp3) is 0.803. The minimum absolute atomic E-state index is 0.0704. The second-order valence-electron chi connectivity index (χ2n) is 24.1. The van der Waals surface area contributed by atoms with Gasteiger partial charge in [0.2, 0.25) is 0 Å². The fourth-order valence-corrected chi connectivity index (χ4v) is 10.6. The van der Waals surface area contributed by atoms with Gasteiger partial charge in [-0.25, -0.2) is 0 Å². The van der Waals surface area contributed by atoms with E-state index in [1.165, 1.54) is 238 Å². The standard InChI is InChI=1S/C76H136O6/c1-4-7-10-13-16-19-22-25-27-29-31-33-35-36-37-38-39-40-42-43-45-47-49-51-54-57-60-63-66-69-75(78)81-72-73(71-80-74(77)68-65-62-59-56-53-24-21-18-15-12-9-6-3)82-76(79)70-67-64-61-58-55-52-50-48-46-44-41-34-32-30-28-26-23-20-17-14-11-8-5-2/h7,10,16,19,25,27,31,33,36-37,39-40,73H,4-6,8-9,11-15,17-18,20-24,26,28-30,32,34-35,38,41-72H2,1-3H3/b10-7-,19-16-,27-25-,33-31-,37-36-,40-39-. The molecule has 0 rings (SSSR count). The molecule has 6 nitrogen and oxygen atoms in total. The molecule has 0 aliphatic rings. The normalized spacial score (nSPS) is 12.5. The SMILES string of the molecule is CC/C=C\C/C=C\C/C=C\C/C=C\C/C=C\C/C=C\CCCCCCCCCCCCC(=O)OCC(COC(=O)CCCCCCCCCCCCCC)OC(=O)CCCCCCCCCCCCCCCCCCCCCCCCC. The van der Waals surface area contributed by atoms with Crippen LogP contribution in [0.25, 0.3) is 0 Å². The Kier molecular flexibility index (Phi) is 67.6. The summed E-state index contributed by atoms with van der Waals surface area (Å²) in [6, 6.07) is 0. The quantitative estimate of drug-likeness (QED) is 0.0261. The van der Waals surface area contributed by atoms with Gasteiger partial charge in [0.05, 0.1) is 0 Å². The van der Waals surface area contributed by atoms with Crippen LogP contribution in [0.15, 0.2) is 72.9 Å². The molecule has 0 heterocycles. The summed E-state index contributed by atoms with van der Waals surface area (Å²) in [6.45, 7) is 6.58. The van der Waals surface area contributed by atoms with Crippen LogP contribution in [0.4, 0.5) is 0 Å². The summed E-state index contributed by atoms with van der Waals surface area (Å²) in [5, 5.41) is 0. The van der Waals surface area contributed by atoms with E-state index in [4.69, 9.17) is 14.2 Å². The van der Waals surface area contributed by atoms with Crippen molar-refractivity contribution in [3.05, 3.63) is 72.9 Å². The Bertz CT molecular complexity index is 1500. The molecule has 1 atom stereocenters. The topological polar surface area (TPSA) is 78.9 Å². The molecule has 0 saturated carbocycles. The second kappa shape index (κ2) is 70.3. The van der Waals surface area contributed by atoms with Crippen molar-refractivity contribution in [1.82, 2.24) is 0 Å². The highest BCUT2D eigenvalue weighted by Crippen LogP contribution is 2.18. The number of unbranched alkanes of at least 4 members (excludes halogenated alkanes) is 43. The molecule has 82 heavy (non-hydrogen) atoms. The maximum Gasteiger partial charge on any atom is 0.306 e. The van der Waals surface area contributed by atoms with E-state index in [-0.39, 0.29) is 31.1 Å². The summed E-state index contributed by atoms with van der Waals surface area (Å²) in [4.78, 5) is 38.4. The van der Waals surface area contributed by atoms with Crippen LogP contribution < -0.4 is 0 Å². The minimum atomic E-state index is -0.774. The number of rotatable bonds is 66. The molecule has 0 saturated heterocycles. The van der Waals surface area contributed by atoms with Crippen LogP contribution in [-0.4, -0.2) is 37.2 Å². The zero-order chi connectivity index (χ0) is 59.2. The number of ether oxygens (including phenoxy) is 3. The lowest BCUT2D eigenvalue weighted by Crippen LogP contribution is -2.30. The van der Waals surface area contributed by atoms with E-state index in [1.807, 2.05) is 0 Å². The van der Waals surface area contributed by atoms with Gasteiger partial charge >= 0.3 is 17.9 Å². The molecule has 0 N–H and O–H groups in total. The van der Waals surface area contributed by atoms with Crippen molar-refractivity contribution in [2.45, 2.75) is 380 Å². The number of hydrogen-bond donors (Lipinski definition) is 0. The van der Waals surface area contributed by atoms with Gasteiger partial charge in [-0.2, -0.15) is 0 Å². The lowest BCUT2D eigenvalue weighted by Gasteiger charge is -2.18. The Morgan fingerprint density at radius 2 is 0.476 bits per heavy atom. The monoisotopic (exact) mass is 1150 g/mol. The van der Waals surface area contributed by atoms with Crippen LogP contribution in [0, 0.1) is 0 Å². The molecule has 1 unspecified atom stereocenters. The van der Waals surface area contributed by atoms with Crippen molar-refractivity contribution in [3.8, 4) is 0 Å². The van der Waals surface area contributed by atoms with E-state index in [1.54, 1.807) is 0 Å². The third-order valence-corrected chi connectivity index (χ3v) is 16.0. The van der Waals surface area contributed by atoms with Crippen LogP contribution >= 0.6 is 0 Å². The van der Waals surface area contributed by atoms with E-state index >= 15 is 0 Å². The van der Waals surface area contributed by atoms with E-state index in [2.05, 4.69) is 93.7 Å². The molecule has 0 spiro atoms. The Balaban J connectivity index is 4.23. The first-order chi connectivity index (χ1) is 40.5. The van der Waals surface area contributed by atoms with Crippen LogP contribution in [0.2, 0.25) is 0 Å². The highest BCUT2D eigenvalue weighted by molar-refractivity contribution is 5.71. The van der Waals surface area contributed by atoms with Crippen molar-refractivity contribution >= 4 is 17.9 Å². The number of carbonyl (C=O) groups is 3. The second-order valence-corrected chi connectivity index (χ2v) is 24.1. The lowest BCUT2D eigenvalue weighted by atomic mass is 10.0. The summed E-state index contributed by atoms with van der Waals surface area (Å²) >= 11 is 0. The molecule has 0 aromatic heterocycles. The molecule has 0 bridgehead atoms. The minimum Gasteiger partial charge on any atom is -0.462 e. The summed E-state index contributed by atoms with van der Waals surface area (Å²) in [7, 11) is 0. The van der Waals surface area contributed by atoms with Gasteiger partial charge in [0, 0.05) is 19.3 Å². The predicted octanol–water partition coefficient (Wildman–Crippen LogP) is 24.8. The van der Waals surface area contributed by atoms with Crippen molar-refractivity contribution in [1.29, 1.82) is 0 Å². The number of allylic oxidation sites excluding steroid dienone is 12. The Hall–Kier alpha value is -3.15. The number of hydrogen-bond acceptors (Lipinski definition) is 6. The molecule has 0 radical (unpaired) electrons. The molecule has 476 valence electrons. The Labute approximate surface area is 510 Å². The third-order valence-electron chi connectivity index (χ3n) is 16.0. The summed E-state index contributed by atoms with van der Waals surface area (Å²) in [5.41, 5.74) is 0. The van der Waals surface area contributed by atoms with Gasteiger partial charge in [-0.3, -0.25) is 14.4 Å². The van der Waals surface area contributed by atoms with Gasteiger partial charge in [-0.05, 0) is 70.6 Å². The van der Waals surface area contributed by atoms with E-state index in [9.17, 15) is 14.4 Å². The average Bonchev–Trinajstić information content (AvgIpc) is 3.47. The highest BCUT2D eigenvalue weighted by atomic mass is 16.6.